The molecule has 1 amide bonds. The number of carbonyl (C=O) groups excluding carboxylic acids is 1. The van der Waals surface area contributed by atoms with Crippen molar-refractivity contribution in [3.63, 3.8) is 0 Å². The van der Waals surface area contributed by atoms with Gasteiger partial charge in [-0.25, -0.2) is 8.42 Å². The van der Waals surface area contributed by atoms with Gasteiger partial charge in [0, 0.05) is 16.8 Å². The first-order chi connectivity index (χ1) is 9.77. The van der Waals surface area contributed by atoms with E-state index in [1.165, 1.54) is 30.3 Å². The van der Waals surface area contributed by atoms with Gasteiger partial charge in [0.15, 0.2) is 9.84 Å². The van der Waals surface area contributed by atoms with E-state index >= 15 is 0 Å². The highest BCUT2D eigenvalue weighted by Crippen LogP contribution is 2.26. The molecule has 0 saturated heterocycles. The van der Waals surface area contributed by atoms with Crippen LogP contribution < -0.4 is 5.32 Å². The predicted molar refractivity (Wildman–Crippen MR) is 84.0 cm³/mol. The fraction of sp³-hybridized carbons (Fsp3) is 0.0714. The van der Waals surface area contributed by atoms with Crippen molar-refractivity contribution in [3.05, 3.63) is 58.1 Å². The van der Waals surface area contributed by atoms with Crippen LogP contribution in [0.2, 0.25) is 10.0 Å². The van der Waals surface area contributed by atoms with E-state index in [0.717, 1.165) is 6.26 Å². The molecular weight excluding hydrogens is 333 g/mol. The quantitative estimate of drug-likeness (QED) is 0.924. The summed E-state index contributed by atoms with van der Waals surface area (Å²) in [5.74, 6) is -0.404. The maximum atomic E-state index is 12.1. The Labute approximate surface area is 132 Å². The fourth-order valence-corrected chi connectivity index (χ4v) is 2.61. The van der Waals surface area contributed by atoms with Crippen molar-refractivity contribution in [1.82, 2.24) is 0 Å². The minimum Gasteiger partial charge on any atom is -0.321 e. The molecule has 0 unspecified atom stereocenters. The van der Waals surface area contributed by atoms with E-state index in [0.29, 0.717) is 21.3 Å². The van der Waals surface area contributed by atoms with Gasteiger partial charge in [0.1, 0.15) is 0 Å². The van der Waals surface area contributed by atoms with E-state index in [2.05, 4.69) is 5.32 Å². The summed E-state index contributed by atoms with van der Waals surface area (Å²) in [6.45, 7) is 0. The Morgan fingerprint density at radius 2 is 1.67 bits per heavy atom. The maximum absolute atomic E-state index is 12.1. The van der Waals surface area contributed by atoms with Gasteiger partial charge in [0.2, 0.25) is 0 Å². The van der Waals surface area contributed by atoms with E-state index in [4.69, 9.17) is 23.2 Å². The molecule has 0 aliphatic rings. The monoisotopic (exact) mass is 343 g/mol. The normalized spacial score (nSPS) is 11.2. The van der Waals surface area contributed by atoms with E-state index < -0.39 is 15.7 Å². The number of hydrogen-bond donors (Lipinski definition) is 1. The summed E-state index contributed by atoms with van der Waals surface area (Å²) in [4.78, 5) is 12.2. The van der Waals surface area contributed by atoms with E-state index in [-0.39, 0.29) is 4.90 Å². The molecule has 0 aromatic heterocycles. The second-order valence-corrected chi connectivity index (χ2v) is 7.23. The molecule has 0 fully saturated rings. The van der Waals surface area contributed by atoms with Crippen molar-refractivity contribution in [2.45, 2.75) is 4.90 Å². The third-order valence-corrected chi connectivity index (χ3v) is 4.41. The van der Waals surface area contributed by atoms with Crippen molar-refractivity contribution in [2.75, 3.05) is 11.6 Å². The first-order valence-corrected chi connectivity index (χ1v) is 8.48. The lowest BCUT2D eigenvalue weighted by atomic mass is 10.2. The number of anilines is 1. The smallest absolute Gasteiger partial charge is 0.255 e. The lowest BCUT2D eigenvalue weighted by Gasteiger charge is -2.08. The van der Waals surface area contributed by atoms with Crippen molar-refractivity contribution >= 4 is 44.6 Å². The van der Waals surface area contributed by atoms with Crippen molar-refractivity contribution in [3.8, 4) is 0 Å². The first-order valence-electron chi connectivity index (χ1n) is 5.84. The average Bonchev–Trinajstić information content (AvgIpc) is 2.42. The van der Waals surface area contributed by atoms with Crippen LogP contribution in [0.1, 0.15) is 10.4 Å². The molecule has 21 heavy (non-hydrogen) atoms. The molecule has 0 aliphatic carbocycles. The Kier molecular flexibility index (Phi) is 4.56. The zero-order chi connectivity index (χ0) is 15.6. The van der Waals surface area contributed by atoms with Crippen LogP contribution in [-0.4, -0.2) is 20.6 Å². The van der Waals surface area contributed by atoms with Gasteiger partial charge in [-0.05, 0) is 42.5 Å². The van der Waals surface area contributed by atoms with Gasteiger partial charge in [-0.2, -0.15) is 0 Å². The SMILES string of the molecule is CS(=O)(=O)c1ccc(C(=O)Nc2cc(Cl)ccc2Cl)cc1. The molecule has 0 bridgehead atoms. The standard InChI is InChI=1S/C14H11Cl2NO3S/c1-21(19,20)11-5-2-9(3-6-11)14(18)17-13-8-10(15)4-7-12(13)16/h2-8H,1H3,(H,17,18). The lowest BCUT2D eigenvalue weighted by molar-refractivity contribution is 0.102. The van der Waals surface area contributed by atoms with Gasteiger partial charge < -0.3 is 5.32 Å². The van der Waals surface area contributed by atoms with Gasteiger partial charge in [-0.3, -0.25) is 4.79 Å². The van der Waals surface area contributed by atoms with Gasteiger partial charge in [0.05, 0.1) is 15.6 Å². The molecule has 0 spiro atoms. The Balaban J connectivity index is 2.23. The third-order valence-electron chi connectivity index (χ3n) is 2.72. The molecule has 0 aliphatic heterocycles. The van der Waals surface area contributed by atoms with E-state index in [9.17, 15) is 13.2 Å². The van der Waals surface area contributed by atoms with Crippen LogP contribution in [0.4, 0.5) is 5.69 Å². The largest absolute Gasteiger partial charge is 0.321 e. The molecule has 2 aromatic rings. The topological polar surface area (TPSA) is 63.2 Å². The molecule has 2 aromatic carbocycles. The van der Waals surface area contributed by atoms with Crippen LogP contribution >= 0.6 is 23.2 Å². The number of benzene rings is 2. The van der Waals surface area contributed by atoms with Crippen molar-refractivity contribution < 1.29 is 13.2 Å². The highest BCUT2D eigenvalue weighted by molar-refractivity contribution is 7.90. The van der Waals surface area contributed by atoms with Crippen LogP contribution in [-0.2, 0) is 9.84 Å². The average molecular weight is 344 g/mol. The van der Waals surface area contributed by atoms with Crippen molar-refractivity contribution in [2.24, 2.45) is 0 Å². The summed E-state index contributed by atoms with van der Waals surface area (Å²) in [6, 6.07) is 10.3. The number of halogens is 2. The number of nitrogens with one attached hydrogen (secondary N) is 1. The highest BCUT2D eigenvalue weighted by Gasteiger charge is 2.11. The summed E-state index contributed by atoms with van der Waals surface area (Å²) in [5.41, 5.74) is 0.708. The number of hydrogen-bond acceptors (Lipinski definition) is 3. The van der Waals surface area contributed by atoms with Crippen LogP contribution in [0.25, 0.3) is 0 Å². The molecule has 110 valence electrons. The molecule has 0 radical (unpaired) electrons. The van der Waals surface area contributed by atoms with E-state index in [1.807, 2.05) is 0 Å². The molecule has 1 N–H and O–H groups in total. The third kappa shape index (κ3) is 3.97. The molecule has 0 heterocycles. The van der Waals surface area contributed by atoms with Gasteiger partial charge in [0.25, 0.3) is 5.91 Å². The Bertz CT molecular complexity index is 786. The molecule has 0 saturated carbocycles. The summed E-state index contributed by atoms with van der Waals surface area (Å²) < 4.78 is 22.7. The highest BCUT2D eigenvalue weighted by atomic mass is 35.5. The fourth-order valence-electron chi connectivity index (χ4n) is 1.64. The summed E-state index contributed by atoms with van der Waals surface area (Å²) in [5, 5.41) is 3.43. The first kappa shape index (κ1) is 15.8. The summed E-state index contributed by atoms with van der Waals surface area (Å²) in [7, 11) is -3.29. The van der Waals surface area contributed by atoms with Crippen LogP contribution in [0.5, 0.6) is 0 Å². The zero-order valence-corrected chi connectivity index (χ0v) is 13.3. The van der Waals surface area contributed by atoms with Crippen LogP contribution in [0.3, 0.4) is 0 Å². The number of sulfone groups is 1. The second kappa shape index (κ2) is 6.05. The predicted octanol–water partition coefficient (Wildman–Crippen LogP) is 3.65. The van der Waals surface area contributed by atoms with Gasteiger partial charge >= 0.3 is 0 Å². The summed E-state index contributed by atoms with van der Waals surface area (Å²) >= 11 is 11.8. The van der Waals surface area contributed by atoms with Crippen LogP contribution in [0.15, 0.2) is 47.4 Å². The molecule has 7 heteroatoms. The number of amides is 1. The number of rotatable bonds is 3. The maximum Gasteiger partial charge on any atom is 0.255 e. The molecular formula is C14H11Cl2NO3S. The Morgan fingerprint density at radius 3 is 2.24 bits per heavy atom. The number of carbonyl (C=O) groups is 1. The van der Waals surface area contributed by atoms with Crippen LogP contribution in [0, 0.1) is 0 Å². The Morgan fingerprint density at radius 1 is 1.05 bits per heavy atom. The lowest BCUT2D eigenvalue weighted by Crippen LogP contribution is -2.12. The summed E-state index contributed by atoms with van der Waals surface area (Å²) in [6.07, 6.45) is 1.10. The molecule has 0 atom stereocenters. The Hall–Kier alpha value is -1.56. The van der Waals surface area contributed by atoms with Gasteiger partial charge in [-0.1, -0.05) is 23.2 Å². The van der Waals surface area contributed by atoms with Gasteiger partial charge in [-0.15, -0.1) is 0 Å². The van der Waals surface area contributed by atoms with Crippen molar-refractivity contribution in [1.29, 1.82) is 0 Å². The second-order valence-electron chi connectivity index (χ2n) is 4.37. The molecule has 4 nitrogen and oxygen atoms in total. The van der Waals surface area contributed by atoms with E-state index in [1.54, 1.807) is 12.1 Å². The minimum absolute atomic E-state index is 0.153. The molecule has 2 rings (SSSR count). The minimum atomic E-state index is -3.29. The zero-order valence-electron chi connectivity index (χ0n) is 10.9.